The number of imidazole rings is 1. The normalized spacial score (nSPS) is 15.0. The third-order valence-electron chi connectivity index (χ3n) is 4.09. The van der Waals surface area contributed by atoms with E-state index >= 15 is 0 Å². The standard InChI is InChI=1S/C16H16BrN5/c17-12-4-5-22-10-14(21-15(22)6-12)9-18-13-7-19-16(20-8-13)11-2-1-3-11/h4-8,10-11,18H,1-3,9H2. The lowest BCUT2D eigenvalue weighted by molar-refractivity contribution is 0.401. The van der Waals surface area contributed by atoms with Crippen LogP contribution in [0.5, 0.6) is 0 Å². The first-order chi connectivity index (χ1) is 10.8. The van der Waals surface area contributed by atoms with Gasteiger partial charge in [-0.2, -0.15) is 0 Å². The van der Waals surface area contributed by atoms with Crippen LogP contribution < -0.4 is 5.32 Å². The molecule has 22 heavy (non-hydrogen) atoms. The van der Waals surface area contributed by atoms with Crippen LogP contribution in [0.4, 0.5) is 5.69 Å². The fraction of sp³-hybridized carbons (Fsp3) is 0.312. The molecule has 0 bridgehead atoms. The predicted octanol–water partition coefficient (Wildman–Crippen LogP) is 3.77. The van der Waals surface area contributed by atoms with Crippen LogP contribution >= 0.6 is 15.9 Å². The molecule has 0 saturated heterocycles. The molecule has 3 heterocycles. The number of anilines is 1. The SMILES string of the molecule is Brc1ccn2cc(CNc3cnc(C4CCC4)nc3)nc2c1. The summed E-state index contributed by atoms with van der Waals surface area (Å²) in [4.78, 5) is 13.5. The van der Waals surface area contributed by atoms with Crippen molar-refractivity contribution < 1.29 is 0 Å². The first kappa shape index (κ1) is 13.7. The van der Waals surface area contributed by atoms with Crippen molar-refractivity contribution in [1.29, 1.82) is 0 Å². The zero-order valence-electron chi connectivity index (χ0n) is 12.0. The van der Waals surface area contributed by atoms with Crippen LogP contribution in [0, 0.1) is 0 Å². The minimum atomic E-state index is 0.575. The number of pyridine rings is 1. The molecule has 3 aromatic heterocycles. The zero-order valence-corrected chi connectivity index (χ0v) is 13.6. The summed E-state index contributed by atoms with van der Waals surface area (Å²) >= 11 is 3.46. The summed E-state index contributed by atoms with van der Waals surface area (Å²) in [6.45, 7) is 0.658. The predicted molar refractivity (Wildman–Crippen MR) is 88.8 cm³/mol. The smallest absolute Gasteiger partial charge is 0.138 e. The molecule has 1 saturated carbocycles. The second-order valence-electron chi connectivity index (χ2n) is 5.65. The highest BCUT2D eigenvalue weighted by molar-refractivity contribution is 9.10. The molecule has 0 amide bonds. The Hall–Kier alpha value is -1.95. The van der Waals surface area contributed by atoms with E-state index in [1.807, 2.05) is 41.3 Å². The molecular formula is C16H16BrN5. The number of nitrogens with one attached hydrogen (secondary N) is 1. The molecule has 0 unspecified atom stereocenters. The summed E-state index contributed by atoms with van der Waals surface area (Å²) in [5, 5.41) is 3.33. The van der Waals surface area contributed by atoms with Gasteiger partial charge < -0.3 is 9.72 Å². The quantitative estimate of drug-likeness (QED) is 0.772. The van der Waals surface area contributed by atoms with Crippen LogP contribution in [0.2, 0.25) is 0 Å². The molecule has 0 radical (unpaired) electrons. The second-order valence-corrected chi connectivity index (χ2v) is 6.57. The summed E-state index contributed by atoms with van der Waals surface area (Å²) in [6, 6.07) is 4.00. The molecule has 5 nitrogen and oxygen atoms in total. The highest BCUT2D eigenvalue weighted by Gasteiger charge is 2.21. The van der Waals surface area contributed by atoms with Crippen LogP contribution in [-0.4, -0.2) is 19.4 Å². The zero-order chi connectivity index (χ0) is 14.9. The second kappa shape index (κ2) is 5.68. The maximum atomic E-state index is 4.59. The molecule has 0 atom stereocenters. The number of halogens is 1. The third-order valence-corrected chi connectivity index (χ3v) is 4.58. The van der Waals surface area contributed by atoms with E-state index in [4.69, 9.17) is 0 Å². The number of hydrogen-bond donors (Lipinski definition) is 1. The van der Waals surface area contributed by atoms with E-state index in [0.29, 0.717) is 12.5 Å². The van der Waals surface area contributed by atoms with Crippen molar-refractivity contribution in [3.63, 3.8) is 0 Å². The van der Waals surface area contributed by atoms with Gasteiger partial charge in [-0.25, -0.2) is 15.0 Å². The fourth-order valence-electron chi connectivity index (χ4n) is 2.59. The largest absolute Gasteiger partial charge is 0.377 e. The van der Waals surface area contributed by atoms with Crippen LogP contribution in [0.1, 0.15) is 36.7 Å². The maximum Gasteiger partial charge on any atom is 0.138 e. The Morgan fingerprint density at radius 3 is 2.82 bits per heavy atom. The van der Waals surface area contributed by atoms with Gasteiger partial charge in [0.1, 0.15) is 11.5 Å². The topological polar surface area (TPSA) is 55.1 Å². The summed E-state index contributed by atoms with van der Waals surface area (Å²) in [7, 11) is 0. The van der Waals surface area contributed by atoms with Gasteiger partial charge in [-0.05, 0) is 25.0 Å². The van der Waals surface area contributed by atoms with Crippen LogP contribution in [0.3, 0.4) is 0 Å². The highest BCUT2D eigenvalue weighted by atomic mass is 79.9. The van der Waals surface area contributed by atoms with Gasteiger partial charge in [-0.3, -0.25) is 0 Å². The molecule has 1 aliphatic rings. The van der Waals surface area contributed by atoms with Crippen molar-refractivity contribution in [3.05, 3.63) is 52.9 Å². The van der Waals surface area contributed by atoms with Crippen molar-refractivity contribution in [3.8, 4) is 0 Å². The lowest BCUT2D eigenvalue weighted by Gasteiger charge is -2.23. The Labute approximate surface area is 137 Å². The monoisotopic (exact) mass is 357 g/mol. The van der Waals surface area contributed by atoms with Crippen LogP contribution in [0.15, 0.2) is 41.4 Å². The third kappa shape index (κ3) is 2.70. The first-order valence-corrected chi connectivity index (χ1v) is 8.26. The molecule has 3 aromatic rings. The highest BCUT2D eigenvalue weighted by Crippen LogP contribution is 2.34. The Morgan fingerprint density at radius 1 is 1.27 bits per heavy atom. The number of hydrogen-bond acceptors (Lipinski definition) is 4. The molecule has 1 fully saturated rings. The van der Waals surface area contributed by atoms with Gasteiger partial charge >= 0.3 is 0 Å². The van der Waals surface area contributed by atoms with Crippen LogP contribution in [-0.2, 0) is 6.54 Å². The Morgan fingerprint density at radius 2 is 2.09 bits per heavy atom. The number of nitrogens with zero attached hydrogens (tertiary/aromatic N) is 4. The van der Waals surface area contributed by atoms with E-state index in [1.165, 1.54) is 19.3 Å². The van der Waals surface area contributed by atoms with Crippen molar-refractivity contribution >= 4 is 27.3 Å². The van der Waals surface area contributed by atoms with Gasteiger partial charge in [-0.1, -0.05) is 22.4 Å². The van der Waals surface area contributed by atoms with Gasteiger partial charge in [0.05, 0.1) is 30.3 Å². The number of aromatic nitrogens is 4. The van der Waals surface area contributed by atoms with Gasteiger partial charge in [0, 0.05) is 22.8 Å². The minimum absolute atomic E-state index is 0.575. The van der Waals surface area contributed by atoms with Crippen molar-refractivity contribution in [2.75, 3.05) is 5.32 Å². The lowest BCUT2D eigenvalue weighted by atomic mass is 9.85. The van der Waals surface area contributed by atoms with Crippen molar-refractivity contribution in [1.82, 2.24) is 19.4 Å². The van der Waals surface area contributed by atoms with Crippen molar-refractivity contribution in [2.24, 2.45) is 0 Å². The van der Waals surface area contributed by atoms with E-state index in [2.05, 4.69) is 36.2 Å². The molecule has 1 aliphatic carbocycles. The Bertz CT molecular complexity index is 792. The molecule has 0 spiro atoms. The molecule has 6 heteroatoms. The van der Waals surface area contributed by atoms with E-state index < -0.39 is 0 Å². The van der Waals surface area contributed by atoms with Gasteiger partial charge in [0.15, 0.2) is 0 Å². The van der Waals surface area contributed by atoms with Gasteiger partial charge in [0.25, 0.3) is 0 Å². The van der Waals surface area contributed by atoms with Gasteiger partial charge in [0.2, 0.25) is 0 Å². The maximum absolute atomic E-state index is 4.59. The number of fused-ring (bicyclic) bond motifs is 1. The van der Waals surface area contributed by atoms with Crippen LogP contribution in [0.25, 0.3) is 5.65 Å². The molecule has 1 N–H and O–H groups in total. The summed E-state index contributed by atoms with van der Waals surface area (Å²) in [5.41, 5.74) is 2.85. The molecule has 0 aromatic carbocycles. The summed E-state index contributed by atoms with van der Waals surface area (Å²) in [5.74, 6) is 1.56. The molecule has 112 valence electrons. The average Bonchev–Trinajstić information content (AvgIpc) is 2.87. The van der Waals surface area contributed by atoms with E-state index in [0.717, 1.165) is 27.3 Å². The van der Waals surface area contributed by atoms with Crippen molar-refractivity contribution in [2.45, 2.75) is 31.7 Å². The van der Waals surface area contributed by atoms with E-state index in [9.17, 15) is 0 Å². The summed E-state index contributed by atoms with van der Waals surface area (Å²) in [6.07, 6.45) is 11.5. The first-order valence-electron chi connectivity index (χ1n) is 7.47. The molecule has 4 rings (SSSR count). The van der Waals surface area contributed by atoms with Gasteiger partial charge in [-0.15, -0.1) is 0 Å². The Balaban J connectivity index is 1.44. The minimum Gasteiger partial charge on any atom is -0.377 e. The van der Waals surface area contributed by atoms with E-state index in [-0.39, 0.29) is 0 Å². The molecule has 0 aliphatic heterocycles. The average molecular weight is 358 g/mol. The fourth-order valence-corrected chi connectivity index (χ4v) is 2.92. The molecular weight excluding hydrogens is 342 g/mol. The lowest BCUT2D eigenvalue weighted by Crippen LogP contribution is -2.12. The Kier molecular flexibility index (Phi) is 3.54. The number of rotatable bonds is 4. The van der Waals surface area contributed by atoms with E-state index in [1.54, 1.807) is 0 Å². The summed E-state index contributed by atoms with van der Waals surface area (Å²) < 4.78 is 3.04.